The van der Waals surface area contributed by atoms with Crippen LogP contribution in [0.3, 0.4) is 0 Å². The molecule has 1 aliphatic carbocycles. The van der Waals surface area contributed by atoms with Crippen LogP contribution in [0.25, 0.3) is 0 Å². The van der Waals surface area contributed by atoms with Crippen molar-refractivity contribution in [1.29, 1.82) is 0 Å². The molecule has 1 rings (SSSR count). The van der Waals surface area contributed by atoms with Gasteiger partial charge in [-0.25, -0.2) is 4.79 Å². The van der Waals surface area contributed by atoms with Gasteiger partial charge in [-0.05, 0) is 25.7 Å². The molecule has 0 aromatic carbocycles. The van der Waals surface area contributed by atoms with Crippen LogP contribution in [-0.4, -0.2) is 12.5 Å². The lowest BCUT2D eigenvalue weighted by atomic mass is 10.1. The number of hydrogen-bond acceptors (Lipinski definition) is 2. The minimum atomic E-state index is -0.773. The van der Waals surface area contributed by atoms with Crippen LogP contribution < -0.4 is 0 Å². The van der Waals surface area contributed by atoms with Gasteiger partial charge >= 0.3 is 5.43 Å². The molecule has 11 heavy (non-hydrogen) atoms. The molecule has 0 fully saturated rings. The summed E-state index contributed by atoms with van der Waals surface area (Å²) in [5.41, 5.74) is -0.773. The number of carbonyl (C=O) groups excluding carboxylic acids is 1. The first-order valence-corrected chi connectivity index (χ1v) is 4.03. The molecule has 0 saturated carbocycles. The van der Waals surface area contributed by atoms with Gasteiger partial charge in [0.15, 0.2) is 0 Å². The van der Waals surface area contributed by atoms with E-state index in [0.717, 1.165) is 0 Å². The van der Waals surface area contributed by atoms with E-state index in [9.17, 15) is 4.79 Å². The van der Waals surface area contributed by atoms with Crippen LogP contribution in [0.15, 0.2) is 12.2 Å². The fourth-order valence-corrected chi connectivity index (χ4v) is 0.760. The maximum atomic E-state index is 9.36. The van der Waals surface area contributed by atoms with Crippen molar-refractivity contribution in [2.24, 2.45) is 0 Å². The van der Waals surface area contributed by atoms with E-state index in [0.29, 0.717) is 0 Å². The van der Waals surface area contributed by atoms with Crippen LogP contribution in [0.5, 0.6) is 0 Å². The molecule has 0 aromatic heterocycles. The molecule has 0 bridgehead atoms. The van der Waals surface area contributed by atoms with E-state index in [1.807, 2.05) is 0 Å². The van der Waals surface area contributed by atoms with Gasteiger partial charge in [0.25, 0.3) is 0 Å². The van der Waals surface area contributed by atoms with Gasteiger partial charge in [-0.15, -0.1) is 0 Å². The molecule has 0 heterocycles. The topological polar surface area (TPSA) is 26.3 Å². The van der Waals surface area contributed by atoms with Crippen molar-refractivity contribution < 1.29 is 9.53 Å². The Morgan fingerprint density at radius 3 is 1.82 bits per heavy atom. The van der Waals surface area contributed by atoms with Gasteiger partial charge in [-0.1, -0.05) is 12.2 Å². The number of methoxy groups -OCH3 is 1. The lowest BCUT2D eigenvalue weighted by Gasteiger charge is -1.97. The maximum absolute atomic E-state index is 9.36. The average molecular weight is 177 g/mol. The van der Waals surface area contributed by atoms with Crippen molar-refractivity contribution in [2.75, 3.05) is 7.11 Å². The van der Waals surface area contributed by atoms with Crippen LogP contribution in [0.2, 0.25) is 0 Å². The smallest absolute Gasteiger partial charge is 0.403 e. The SMILES string of the molecule is C1=CCCCC1.COC(=O)Cl. The zero-order chi connectivity index (χ0) is 8.53. The first-order valence-electron chi connectivity index (χ1n) is 3.66. The van der Waals surface area contributed by atoms with Crippen molar-refractivity contribution in [3.63, 3.8) is 0 Å². The standard InChI is InChI=1S/C6H10.C2H3ClO2/c1-2-4-6-5-3-1;1-5-2(3)4/h1-2H,3-6H2;1H3. The molecule has 0 amide bonds. The summed E-state index contributed by atoms with van der Waals surface area (Å²) in [5.74, 6) is 0. The summed E-state index contributed by atoms with van der Waals surface area (Å²) < 4.78 is 3.88. The van der Waals surface area contributed by atoms with E-state index in [-0.39, 0.29) is 0 Å². The normalized spacial score (nSPS) is 14.7. The van der Waals surface area contributed by atoms with E-state index >= 15 is 0 Å². The monoisotopic (exact) mass is 176 g/mol. The van der Waals surface area contributed by atoms with Gasteiger partial charge in [0.05, 0.1) is 7.11 Å². The predicted octanol–water partition coefficient (Wildman–Crippen LogP) is 3.11. The molecule has 64 valence electrons. The van der Waals surface area contributed by atoms with Crippen LogP contribution in [0.4, 0.5) is 4.79 Å². The second kappa shape index (κ2) is 7.61. The van der Waals surface area contributed by atoms with Crippen molar-refractivity contribution in [3.8, 4) is 0 Å². The number of allylic oxidation sites excluding steroid dienone is 2. The first-order chi connectivity index (χ1) is 5.27. The minimum absolute atomic E-state index is 0.773. The molecule has 0 spiro atoms. The Morgan fingerprint density at radius 1 is 1.36 bits per heavy atom. The minimum Gasteiger partial charge on any atom is -0.457 e. The van der Waals surface area contributed by atoms with Crippen molar-refractivity contribution in [2.45, 2.75) is 25.7 Å². The molecule has 0 aliphatic heterocycles. The van der Waals surface area contributed by atoms with Crippen LogP contribution in [-0.2, 0) is 4.74 Å². The second-order valence-corrected chi connectivity index (χ2v) is 2.51. The Kier molecular flexibility index (Phi) is 7.26. The van der Waals surface area contributed by atoms with Crippen molar-refractivity contribution >= 4 is 17.0 Å². The van der Waals surface area contributed by atoms with Gasteiger partial charge in [0, 0.05) is 11.6 Å². The van der Waals surface area contributed by atoms with Crippen LogP contribution >= 0.6 is 11.6 Å². The summed E-state index contributed by atoms with van der Waals surface area (Å²) in [6.45, 7) is 0. The number of carbonyl (C=O) groups is 1. The molecular weight excluding hydrogens is 164 g/mol. The van der Waals surface area contributed by atoms with E-state index < -0.39 is 5.43 Å². The number of halogens is 1. The number of ether oxygens (including phenoxy) is 1. The van der Waals surface area contributed by atoms with Gasteiger partial charge in [0.1, 0.15) is 0 Å². The average Bonchev–Trinajstić information content (AvgIpc) is 2.09. The molecule has 0 radical (unpaired) electrons. The van der Waals surface area contributed by atoms with Crippen molar-refractivity contribution in [1.82, 2.24) is 0 Å². The third-order valence-corrected chi connectivity index (χ3v) is 1.47. The number of rotatable bonds is 0. The third kappa shape index (κ3) is 9.50. The third-order valence-electron chi connectivity index (χ3n) is 1.32. The van der Waals surface area contributed by atoms with Crippen LogP contribution in [0, 0.1) is 0 Å². The largest absolute Gasteiger partial charge is 0.457 e. The molecular formula is C8H13ClO2. The molecule has 0 aromatic rings. The second-order valence-electron chi connectivity index (χ2n) is 2.20. The summed E-state index contributed by atoms with van der Waals surface area (Å²) >= 11 is 4.60. The quantitative estimate of drug-likeness (QED) is 0.419. The molecule has 1 aliphatic rings. The predicted molar refractivity (Wildman–Crippen MR) is 45.9 cm³/mol. The molecule has 0 N–H and O–H groups in total. The first kappa shape index (κ1) is 10.5. The highest BCUT2D eigenvalue weighted by Gasteiger charge is 1.87. The van der Waals surface area contributed by atoms with E-state index in [1.165, 1.54) is 32.8 Å². The Labute approximate surface area is 72.2 Å². The summed E-state index contributed by atoms with van der Waals surface area (Å²) in [7, 11) is 1.22. The summed E-state index contributed by atoms with van der Waals surface area (Å²) in [4.78, 5) is 9.36. The lowest BCUT2D eigenvalue weighted by Crippen LogP contribution is -1.80. The van der Waals surface area contributed by atoms with Crippen LogP contribution in [0.1, 0.15) is 25.7 Å². The fraction of sp³-hybridized carbons (Fsp3) is 0.625. The molecule has 2 nitrogen and oxygen atoms in total. The molecule has 0 unspecified atom stereocenters. The van der Waals surface area contributed by atoms with Gasteiger partial charge in [-0.2, -0.15) is 0 Å². The summed E-state index contributed by atoms with van der Waals surface area (Å²) in [6, 6.07) is 0. The van der Waals surface area contributed by atoms with E-state index in [4.69, 9.17) is 0 Å². The summed E-state index contributed by atoms with van der Waals surface area (Å²) in [5, 5.41) is 0. The van der Waals surface area contributed by atoms with E-state index in [1.54, 1.807) is 0 Å². The highest BCUT2D eigenvalue weighted by Crippen LogP contribution is 2.07. The van der Waals surface area contributed by atoms with Gasteiger partial charge in [0.2, 0.25) is 0 Å². The Morgan fingerprint density at radius 2 is 1.73 bits per heavy atom. The van der Waals surface area contributed by atoms with Gasteiger partial charge in [-0.3, -0.25) is 0 Å². The van der Waals surface area contributed by atoms with Crippen molar-refractivity contribution in [3.05, 3.63) is 12.2 Å². The molecule has 3 heteroatoms. The zero-order valence-electron chi connectivity index (χ0n) is 6.68. The highest BCUT2D eigenvalue weighted by atomic mass is 35.5. The Hall–Kier alpha value is -0.500. The fourth-order valence-electron chi connectivity index (χ4n) is 0.760. The Bertz CT molecular complexity index is 124. The molecule has 0 saturated heterocycles. The van der Waals surface area contributed by atoms with E-state index in [2.05, 4.69) is 28.5 Å². The molecule has 0 atom stereocenters. The highest BCUT2D eigenvalue weighted by molar-refractivity contribution is 6.61. The number of hydrogen-bond donors (Lipinski definition) is 0. The maximum Gasteiger partial charge on any atom is 0.403 e. The van der Waals surface area contributed by atoms with Gasteiger partial charge < -0.3 is 4.74 Å². The zero-order valence-corrected chi connectivity index (χ0v) is 7.43. The lowest BCUT2D eigenvalue weighted by molar-refractivity contribution is 0.198. The Balaban J connectivity index is 0.000000187. The summed E-state index contributed by atoms with van der Waals surface area (Å²) in [6.07, 6.45) is 10.0.